The maximum absolute atomic E-state index is 11.9. The van der Waals surface area contributed by atoms with Crippen molar-refractivity contribution in [2.75, 3.05) is 7.11 Å². The van der Waals surface area contributed by atoms with E-state index in [0.29, 0.717) is 22.4 Å². The zero-order valence-corrected chi connectivity index (χ0v) is 11.1. The van der Waals surface area contributed by atoms with Crippen molar-refractivity contribution in [3.63, 3.8) is 0 Å². The number of ether oxygens (including phenoxy) is 1. The number of allylic oxidation sites excluding steroid dienone is 1. The molecule has 6 heteroatoms. The van der Waals surface area contributed by atoms with Crippen LogP contribution in [0.2, 0.25) is 0 Å². The summed E-state index contributed by atoms with van der Waals surface area (Å²) < 4.78 is 4.75. The highest BCUT2D eigenvalue weighted by Crippen LogP contribution is 2.27. The summed E-state index contributed by atoms with van der Waals surface area (Å²) >= 11 is 0. The predicted molar refractivity (Wildman–Crippen MR) is 70.3 cm³/mol. The summed E-state index contributed by atoms with van der Waals surface area (Å²) in [4.78, 5) is 23.4. The Kier molecular flexibility index (Phi) is 3.71. The van der Waals surface area contributed by atoms with Crippen molar-refractivity contribution in [2.24, 2.45) is 0 Å². The van der Waals surface area contributed by atoms with E-state index in [0.717, 1.165) is 0 Å². The number of urea groups is 1. The van der Waals surface area contributed by atoms with E-state index in [4.69, 9.17) is 10.00 Å². The Hall–Kier alpha value is -2.81. The average molecular weight is 271 g/mol. The van der Waals surface area contributed by atoms with E-state index in [1.54, 1.807) is 31.2 Å². The van der Waals surface area contributed by atoms with Crippen LogP contribution in [0.4, 0.5) is 4.79 Å². The van der Waals surface area contributed by atoms with Gasteiger partial charge in [0.15, 0.2) is 0 Å². The standard InChI is InChI=1S/C14H13N3O3/c1-8-11(13(18)20-2)12(17-14(19)16-8)10-5-3-9(7-15)4-6-10/h3-6,12H,1-2H3,(H2,16,17,19)/t12-/m1/s1. The molecule has 0 fully saturated rings. The van der Waals surface area contributed by atoms with Gasteiger partial charge in [-0.25, -0.2) is 9.59 Å². The van der Waals surface area contributed by atoms with Gasteiger partial charge in [-0.2, -0.15) is 5.26 Å². The fourth-order valence-corrected chi connectivity index (χ4v) is 2.07. The van der Waals surface area contributed by atoms with Gasteiger partial charge in [0.05, 0.1) is 30.4 Å². The monoisotopic (exact) mass is 271 g/mol. The fraction of sp³-hybridized carbons (Fsp3) is 0.214. The summed E-state index contributed by atoms with van der Waals surface area (Å²) in [6.07, 6.45) is 0. The molecule has 0 saturated carbocycles. The van der Waals surface area contributed by atoms with Gasteiger partial charge >= 0.3 is 12.0 Å². The lowest BCUT2D eigenvalue weighted by molar-refractivity contribution is -0.136. The molecule has 0 aromatic heterocycles. The number of carbonyl (C=O) groups is 2. The number of rotatable bonds is 2. The maximum Gasteiger partial charge on any atom is 0.337 e. The molecule has 2 amide bonds. The molecule has 6 nitrogen and oxygen atoms in total. The highest BCUT2D eigenvalue weighted by molar-refractivity contribution is 5.94. The van der Waals surface area contributed by atoms with Crippen LogP contribution in [-0.2, 0) is 9.53 Å². The summed E-state index contributed by atoms with van der Waals surface area (Å²) in [5.41, 5.74) is 2.01. The normalized spacial score (nSPS) is 17.9. The number of amides is 2. The van der Waals surface area contributed by atoms with Crippen molar-refractivity contribution in [3.05, 3.63) is 46.7 Å². The lowest BCUT2D eigenvalue weighted by Gasteiger charge is -2.27. The third-order valence-electron chi connectivity index (χ3n) is 3.05. The first-order chi connectivity index (χ1) is 9.56. The number of nitrogens with zero attached hydrogens (tertiary/aromatic N) is 1. The molecule has 1 aliphatic heterocycles. The summed E-state index contributed by atoms with van der Waals surface area (Å²) in [5.74, 6) is -0.510. The molecule has 0 radical (unpaired) electrons. The molecule has 20 heavy (non-hydrogen) atoms. The summed E-state index contributed by atoms with van der Waals surface area (Å²) in [7, 11) is 1.29. The van der Waals surface area contributed by atoms with Crippen molar-refractivity contribution < 1.29 is 14.3 Å². The van der Waals surface area contributed by atoms with Gasteiger partial charge < -0.3 is 15.4 Å². The maximum atomic E-state index is 11.9. The number of nitrogens with one attached hydrogen (secondary N) is 2. The molecule has 2 rings (SSSR count). The van der Waals surface area contributed by atoms with E-state index in [1.165, 1.54) is 7.11 Å². The van der Waals surface area contributed by atoms with E-state index in [9.17, 15) is 9.59 Å². The molecular formula is C14H13N3O3. The van der Waals surface area contributed by atoms with Gasteiger partial charge in [0.25, 0.3) is 0 Å². The molecule has 0 aliphatic carbocycles. The first-order valence-electron chi connectivity index (χ1n) is 5.93. The molecule has 0 unspecified atom stereocenters. The lowest BCUT2D eigenvalue weighted by Crippen LogP contribution is -2.45. The van der Waals surface area contributed by atoms with Crippen LogP contribution in [0.5, 0.6) is 0 Å². The van der Waals surface area contributed by atoms with Crippen LogP contribution in [0.15, 0.2) is 35.5 Å². The van der Waals surface area contributed by atoms with E-state index in [2.05, 4.69) is 10.6 Å². The lowest BCUT2D eigenvalue weighted by atomic mass is 9.95. The van der Waals surface area contributed by atoms with Crippen LogP contribution in [0.3, 0.4) is 0 Å². The Bertz CT molecular complexity index is 626. The molecule has 1 aliphatic rings. The van der Waals surface area contributed by atoms with Gasteiger partial charge in [-0.05, 0) is 24.6 Å². The number of carbonyl (C=O) groups excluding carboxylic acids is 2. The minimum absolute atomic E-state index is 0.344. The van der Waals surface area contributed by atoms with Gasteiger partial charge in [0.2, 0.25) is 0 Å². The summed E-state index contributed by atoms with van der Waals surface area (Å²) in [5, 5.41) is 14.0. The van der Waals surface area contributed by atoms with Crippen LogP contribution < -0.4 is 10.6 Å². The number of hydrogen-bond donors (Lipinski definition) is 2. The molecule has 1 aromatic carbocycles. The van der Waals surface area contributed by atoms with E-state index >= 15 is 0 Å². The van der Waals surface area contributed by atoms with Gasteiger partial charge in [-0.3, -0.25) is 0 Å². The molecule has 1 aromatic rings. The van der Waals surface area contributed by atoms with Crippen molar-refractivity contribution in [3.8, 4) is 6.07 Å². The second-order valence-electron chi connectivity index (χ2n) is 4.30. The largest absolute Gasteiger partial charge is 0.466 e. The number of methoxy groups -OCH3 is 1. The zero-order chi connectivity index (χ0) is 14.7. The van der Waals surface area contributed by atoms with Crippen molar-refractivity contribution in [2.45, 2.75) is 13.0 Å². The molecule has 0 saturated heterocycles. The Morgan fingerprint density at radius 1 is 1.35 bits per heavy atom. The van der Waals surface area contributed by atoms with Crippen molar-refractivity contribution >= 4 is 12.0 Å². The van der Waals surface area contributed by atoms with E-state index in [-0.39, 0.29) is 6.03 Å². The molecule has 0 bridgehead atoms. The van der Waals surface area contributed by atoms with Crippen LogP contribution in [0.1, 0.15) is 24.1 Å². The Balaban J connectivity index is 2.45. The SMILES string of the molecule is COC(=O)C1=C(C)NC(=O)N[C@@H]1c1ccc(C#N)cc1. The van der Waals surface area contributed by atoms with Crippen molar-refractivity contribution in [1.82, 2.24) is 10.6 Å². The zero-order valence-electron chi connectivity index (χ0n) is 11.1. The number of benzene rings is 1. The number of hydrogen-bond acceptors (Lipinski definition) is 4. The van der Waals surface area contributed by atoms with Gasteiger partial charge in [-0.1, -0.05) is 12.1 Å². The molecule has 2 N–H and O–H groups in total. The molecule has 102 valence electrons. The third-order valence-corrected chi connectivity index (χ3v) is 3.05. The Morgan fingerprint density at radius 3 is 2.55 bits per heavy atom. The number of nitriles is 1. The van der Waals surface area contributed by atoms with E-state index < -0.39 is 12.0 Å². The summed E-state index contributed by atoms with van der Waals surface area (Å²) in [6, 6.07) is 7.70. The highest BCUT2D eigenvalue weighted by atomic mass is 16.5. The third kappa shape index (κ3) is 2.47. The highest BCUT2D eigenvalue weighted by Gasteiger charge is 2.31. The number of esters is 1. The topological polar surface area (TPSA) is 91.2 Å². The minimum atomic E-state index is -0.594. The smallest absolute Gasteiger partial charge is 0.337 e. The van der Waals surface area contributed by atoms with Gasteiger partial charge in [0.1, 0.15) is 0 Å². The molecule has 1 heterocycles. The quantitative estimate of drug-likeness (QED) is 0.794. The predicted octanol–water partition coefficient (Wildman–Crippen LogP) is 1.36. The molecule has 0 spiro atoms. The van der Waals surface area contributed by atoms with Crippen LogP contribution in [-0.4, -0.2) is 19.1 Å². The minimum Gasteiger partial charge on any atom is -0.466 e. The first-order valence-corrected chi connectivity index (χ1v) is 5.93. The fourth-order valence-electron chi connectivity index (χ4n) is 2.07. The Labute approximate surface area is 116 Å². The van der Waals surface area contributed by atoms with Gasteiger partial charge in [-0.15, -0.1) is 0 Å². The second-order valence-corrected chi connectivity index (χ2v) is 4.30. The molecule has 1 atom stereocenters. The average Bonchev–Trinajstić information content (AvgIpc) is 2.46. The van der Waals surface area contributed by atoms with Crippen LogP contribution >= 0.6 is 0 Å². The Morgan fingerprint density at radius 2 is 2.00 bits per heavy atom. The molecular weight excluding hydrogens is 258 g/mol. The van der Waals surface area contributed by atoms with Gasteiger partial charge in [0, 0.05) is 5.70 Å². The first kappa shape index (κ1) is 13.6. The summed E-state index contributed by atoms with van der Waals surface area (Å²) in [6.45, 7) is 1.64. The second kappa shape index (κ2) is 5.45. The van der Waals surface area contributed by atoms with Crippen LogP contribution in [0.25, 0.3) is 0 Å². The van der Waals surface area contributed by atoms with Crippen LogP contribution in [0, 0.1) is 11.3 Å². The van der Waals surface area contributed by atoms with E-state index in [1.807, 2.05) is 6.07 Å². The van der Waals surface area contributed by atoms with Crippen molar-refractivity contribution in [1.29, 1.82) is 5.26 Å².